The van der Waals surface area contributed by atoms with Crippen molar-refractivity contribution in [2.24, 2.45) is 0 Å². The van der Waals surface area contributed by atoms with Crippen molar-refractivity contribution in [3.05, 3.63) is 35.8 Å². The molecule has 0 spiro atoms. The molecule has 1 aromatic heterocycles. The molecule has 26 heavy (non-hydrogen) atoms. The van der Waals surface area contributed by atoms with Crippen LogP contribution in [0.5, 0.6) is 0 Å². The van der Waals surface area contributed by atoms with E-state index in [1.54, 1.807) is 28.0 Å². The number of piperazine rings is 1. The van der Waals surface area contributed by atoms with Crippen molar-refractivity contribution in [3.8, 4) is 0 Å². The van der Waals surface area contributed by atoms with Crippen LogP contribution in [0.1, 0.15) is 12.8 Å². The Morgan fingerprint density at radius 1 is 1.15 bits per heavy atom. The van der Waals surface area contributed by atoms with Crippen LogP contribution in [0.4, 0.5) is 10.8 Å². The van der Waals surface area contributed by atoms with Crippen molar-refractivity contribution in [1.29, 1.82) is 0 Å². The fraction of sp³-hybridized carbons (Fsp3) is 0.389. The van der Waals surface area contributed by atoms with Gasteiger partial charge in [0, 0.05) is 49.1 Å². The summed E-state index contributed by atoms with van der Waals surface area (Å²) in [5, 5.41) is 2.98. The van der Waals surface area contributed by atoms with Crippen molar-refractivity contribution in [2.45, 2.75) is 22.6 Å². The van der Waals surface area contributed by atoms with Gasteiger partial charge in [0.2, 0.25) is 5.91 Å². The van der Waals surface area contributed by atoms with Crippen molar-refractivity contribution < 1.29 is 9.59 Å². The molecule has 0 N–H and O–H groups in total. The summed E-state index contributed by atoms with van der Waals surface area (Å²) in [4.78, 5) is 36.5. The Labute approximate surface area is 159 Å². The monoisotopic (exact) mass is 386 g/mol. The largest absolute Gasteiger partial charge is 0.345 e. The molecule has 134 valence electrons. The number of thiazole rings is 1. The quantitative estimate of drug-likeness (QED) is 0.793. The van der Waals surface area contributed by atoms with Crippen molar-refractivity contribution in [3.63, 3.8) is 0 Å². The molecule has 3 aliphatic rings. The van der Waals surface area contributed by atoms with E-state index in [1.807, 2.05) is 40.7 Å². The van der Waals surface area contributed by atoms with Crippen molar-refractivity contribution >= 4 is 45.7 Å². The van der Waals surface area contributed by atoms with Crippen molar-refractivity contribution in [1.82, 2.24) is 9.88 Å². The third-order valence-electron chi connectivity index (χ3n) is 5.26. The smallest absolute Gasteiger partial charge is 0.259 e. The van der Waals surface area contributed by atoms with E-state index in [2.05, 4.69) is 9.88 Å². The average Bonchev–Trinajstić information content (AvgIpc) is 3.38. The fourth-order valence-corrected chi connectivity index (χ4v) is 6.19. The molecule has 8 heteroatoms. The molecule has 1 aromatic carbocycles. The average molecular weight is 387 g/mol. The van der Waals surface area contributed by atoms with E-state index in [1.165, 1.54) is 0 Å². The lowest BCUT2D eigenvalue weighted by Crippen LogP contribution is -2.58. The third-order valence-corrected chi connectivity index (χ3v) is 7.56. The SMILES string of the molecule is O=C1CC[C@@]2(C(=O)N3CCN(c4nccs4)CC3)Sc3ccccc3N12. The second-order valence-electron chi connectivity index (χ2n) is 6.68. The number of benzene rings is 1. The highest BCUT2D eigenvalue weighted by Gasteiger charge is 2.58. The molecule has 2 amide bonds. The van der Waals surface area contributed by atoms with Gasteiger partial charge < -0.3 is 9.80 Å². The van der Waals surface area contributed by atoms with Gasteiger partial charge in [-0.2, -0.15) is 0 Å². The van der Waals surface area contributed by atoms with Crippen LogP contribution >= 0.6 is 23.1 Å². The number of aromatic nitrogens is 1. The van der Waals surface area contributed by atoms with Crippen LogP contribution in [-0.2, 0) is 9.59 Å². The van der Waals surface area contributed by atoms with Crippen LogP contribution in [0, 0.1) is 0 Å². The first kappa shape index (κ1) is 16.1. The van der Waals surface area contributed by atoms with E-state index in [0.29, 0.717) is 25.9 Å². The summed E-state index contributed by atoms with van der Waals surface area (Å²) in [7, 11) is 0. The van der Waals surface area contributed by atoms with Gasteiger partial charge in [0.05, 0.1) is 5.69 Å². The van der Waals surface area contributed by atoms with Gasteiger partial charge in [0.1, 0.15) is 0 Å². The van der Waals surface area contributed by atoms with E-state index in [-0.39, 0.29) is 11.8 Å². The number of hydrogen-bond acceptors (Lipinski definition) is 6. The van der Waals surface area contributed by atoms with Crippen molar-refractivity contribution in [2.75, 3.05) is 36.0 Å². The lowest BCUT2D eigenvalue weighted by atomic mass is 10.1. The highest BCUT2D eigenvalue weighted by molar-refractivity contribution is 8.02. The summed E-state index contributed by atoms with van der Waals surface area (Å²) in [5.41, 5.74) is 0.884. The molecule has 2 fully saturated rings. The molecule has 5 rings (SSSR count). The molecule has 0 unspecified atom stereocenters. The normalized spacial score (nSPS) is 24.8. The number of fused-ring (bicyclic) bond motifs is 3. The summed E-state index contributed by atoms with van der Waals surface area (Å²) in [6, 6.07) is 7.84. The maximum Gasteiger partial charge on any atom is 0.259 e. The Hall–Kier alpha value is -2.06. The van der Waals surface area contributed by atoms with Gasteiger partial charge in [0.25, 0.3) is 5.91 Å². The third kappa shape index (κ3) is 2.28. The van der Waals surface area contributed by atoms with E-state index in [9.17, 15) is 9.59 Å². The van der Waals surface area contributed by atoms with Crippen LogP contribution in [0.3, 0.4) is 0 Å². The molecule has 0 bridgehead atoms. The number of amides is 2. The number of carbonyl (C=O) groups is 2. The summed E-state index contributed by atoms with van der Waals surface area (Å²) < 4.78 is 0. The van der Waals surface area contributed by atoms with Crippen LogP contribution in [-0.4, -0.2) is 52.7 Å². The molecule has 0 saturated carbocycles. The molecule has 1 atom stereocenters. The van der Waals surface area contributed by atoms with E-state index >= 15 is 0 Å². The zero-order chi connectivity index (χ0) is 17.7. The highest BCUT2D eigenvalue weighted by Crippen LogP contribution is 2.56. The van der Waals surface area contributed by atoms with E-state index in [4.69, 9.17) is 0 Å². The highest BCUT2D eigenvalue weighted by atomic mass is 32.2. The Morgan fingerprint density at radius 3 is 2.73 bits per heavy atom. The number of hydrogen-bond donors (Lipinski definition) is 0. The van der Waals surface area contributed by atoms with Crippen LogP contribution in [0.2, 0.25) is 0 Å². The summed E-state index contributed by atoms with van der Waals surface area (Å²) >= 11 is 3.17. The predicted octanol–water partition coefficient (Wildman–Crippen LogP) is 2.42. The summed E-state index contributed by atoms with van der Waals surface area (Å²) in [6.07, 6.45) is 2.83. The minimum atomic E-state index is -0.788. The zero-order valence-electron chi connectivity index (χ0n) is 14.1. The molecule has 6 nitrogen and oxygen atoms in total. The lowest BCUT2D eigenvalue weighted by Gasteiger charge is -2.40. The minimum Gasteiger partial charge on any atom is -0.345 e. The van der Waals surface area contributed by atoms with E-state index in [0.717, 1.165) is 28.8 Å². The minimum absolute atomic E-state index is 0.0530. The first-order valence-corrected chi connectivity index (χ1v) is 10.4. The first-order chi connectivity index (χ1) is 12.7. The van der Waals surface area contributed by atoms with Gasteiger partial charge in [0.15, 0.2) is 10.0 Å². The van der Waals surface area contributed by atoms with Crippen LogP contribution in [0.25, 0.3) is 0 Å². The standard InChI is InChI=1S/C18H18N4O2S2/c23-15-5-6-18(22(15)13-3-1-2-4-14(13)26-18)16(24)20-8-10-21(11-9-20)17-19-7-12-25-17/h1-4,7,12H,5-6,8-11H2/t18-/m0/s1. The molecule has 4 heterocycles. The van der Waals surface area contributed by atoms with Gasteiger partial charge in [-0.25, -0.2) is 4.98 Å². The van der Waals surface area contributed by atoms with Gasteiger partial charge in [-0.1, -0.05) is 23.9 Å². The predicted molar refractivity (Wildman–Crippen MR) is 103 cm³/mol. The Morgan fingerprint density at radius 2 is 1.96 bits per heavy atom. The van der Waals surface area contributed by atoms with E-state index < -0.39 is 4.87 Å². The molecule has 3 aliphatic heterocycles. The topological polar surface area (TPSA) is 56.8 Å². The number of nitrogens with zero attached hydrogens (tertiary/aromatic N) is 4. The first-order valence-electron chi connectivity index (χ1n) is 8.74. The summed E-state index contributed by atoms with van der Waals surface area (Å²) in [6.45, 7) is 2.89. The second kappa shape index (κ2) is 5.99. The van der Waals surface area contributed by atoms with Gasteiger partial charge in [-0.15, -0.1) is 11.3 Å². The number of rotatable bonds is 2. The maximum atomic E-state index is 13.5. The van der Waals surface area contributed by atoms with Gasteiger partial charge >= 0.3 is 0 Å². The molecule has 0 aliphatic carbocycles. The number of anilines is 2. The lowest BCUT2D eigenvalue weighted by molar-refractivity contribution is -0.134. The zero-order valence-corrected chi connectivity index (χ0v) is 15.8. The summed E-state index contributed by atoms with van der Waals surface area (Å²) in [5.74, 6) is 0.126. The van der Waals surface area contributed by atoms with Gasteiger partial charge in [-0.05, 0) is 18.6 Å². The Balaban J connectivity index is 1.38. The van der Waals surface area contributed by atoms with Gasteiger partial charge in [-0.3, -0.25) is 14.5 Å². The number of thioether (sulfide) groups is 1. The maximum absolute atomic E-state index is 13.5. The molecular formula is C18H18N4O2S2. The molecule has 0 radical (unpaired) electrons. The van der Waals surface area contributed by atoms with Crippen LogP contribution in [0.15, 0.2) is 40.7 Å². The molecular weight excluding hydrogens is 368 g/mol. The molecule has 2 aromatic rings. The Bertz CT molecular complexity index is 864. The molecule has 2 saturated heterocycles. The number of carbonyl (C=O) groups excluding carboxylic acids is 2. The second-order valence-corrected chi connectivity index (χ2v) is 8.87. The fourth-order valence-electron chi connectivity index (χ4n) is 4.00. The number of para-hydroxylation sites is 1. The van der Waals surface area contributed by atoms with Crippen LogP contribution < -0.4 is 9.80 Å². The Kier molecular flexibility index (Phi) is 3.72.